The van der Waals surface area contributed by atoms with Gasteiger partial charge in [-0.2, -0.15) is 4.31 Å². The summed E-state index contributed by atoms with van der Waals surface area (Å²) in [5.74, 6) is -0.233. The smallest absolute Gasteiger partial charge is 0.243 e. The first-order valence-electron chi connectivity index (χ1n) is 7.30. The number of hydrogen-bond acceptors (Lipinski definition) is 3. The molecule has 118 valence electrons. The molecular weight excluding hydrogens is 293 g/mol. The lowest BCUT2D eigenvalue weighted by Gasteiger charge is -2.31. The van der Waals surface area contributed by atoms with Crippen LogP contribution in [-0.4, -0.2) is 30.9 Å². The average molecular weight is 315 g/mol. The molecule has 21 heavy (non-hydrogen) atoms. The van der Waals surface area contributed by atoms with Gasteiger partial charge in [-0.3, -0.25) is 0 Å². The van der Waals surface area contributed by atoms with E-state index in [1.54, 1.807) is 0 Å². The summed E-state index contributed by atoms with van der Waals surface area (Å²) in [5.41, 5.74) is 0.395. The zero-order valence-corrected chi connectivity index (χ0v) is 13.3. The van der Waals surface area contributed by atoms with Crippen LogP contribution >= 0.6 is 0 Å². The number of aliphatic hydroxyl groups is 1. The topological polar surface area (TPSA) is 57.6 Å². The highest BCUT2D eigenvalue weighted by molar-refractivity contribution is 7.89. The molecule has 1 aromatic carbocycles. The van der Waals surface area contributed by atoms with E-state index in [4.69, 9.17) is 5.11 Å². The maximum Gasteiger partial charge on any atom is 0.243 e. The lowest BCUT2D eigenvalue weighted by molar-refractivity contribution is 0.261. The third-order valence-electron chi connectivity index (χ3n) is 4.22. The molecule has 1 N–H and O–H groups in total. The summed E-state index contributed by atoms with van der Waals surface area (Å²) in [7, 11) is -3.71. The van der Waals surface area contributed by atoms with Crippen LogP contribution in [0.25, 0.3) is 0 Å². The van der Waals surface area contributed by atoms with Crippen molar-refractivity contribution in [1.29, 1.82) is 0 Å². The van der Waals surface area contributed by atoms with Gasteiger partial charge in [0, 0.05) is 18.7 Å². The van der Waals surface area contributed by atoms with Crippen LogP contribution in [0.3, 0.4) is 0 Å². The molecule has 2 rings (SSSR count). The van der Waals surface area contributed by atoms with Crippen LogP contribution in [0.2, 0.25) is 0 Å². The number of piperidine rings is 1. The van der Waals surface area contributed by atoms with Crippen LogP contribution in [0.1, 0.15) is 37.3 Å². The number of aliphatic hydroxyl groups excluding tert-OH is 1. The minimum atomic E-state index is -3.71. The molecule has 1 aromatic rings. The number of hydrogen-bond donors (Lipinski definition) is 1. The van der Waals surface area contributed by atoms with E-state index in [9.17, 15) is 12.8 Å². The summed E-state index contributed by atoms with van der Waals surface area (Å²) in [4.78, 5) is -0.0247. The summed E-state index contributed by atoms with van der Waals surface area (Å²) in [6.45, 7) is 4.10. The Morgan fingerprint density at radius 1 is 1.43 bits per heavy atom. The van der Waals surface area contributed by atoms with E-state index in [1.807, 2.05) is 0 Å². The average Bonchev–Trinajstić information content (AvgIpc) is 2.49. The van der Waals surface area contributed by atoms with Gasteiger partial charge in [0.15, 0.2) is 0 Å². The molecule has 0 bridgehead atoms. The fourth-order valence-corrected chi connectivity index (χ4v) is 4.62. The highest BCUT2D eigenvalue weighted by Crippen LogP contribution is 2.28. The van der Waals surface area contributed by atoms with E-state index in [1.165, 1.54) is 23.4 Å². The lowest BCUT2D eigenvalue weighted by Crippen LogP contribution is -2.40. The molecule has 1 aliphatic heterocycles. The van der Waals surface area contributed by atoms with Crippen LogP contribution in [0.4, 0.5) is 4.39 Å². The van der Waals surface area contributed by atoms with E-state index in [-0.39, 0.29) is 22.6 Å². The fraction of sp³-hybridized carbons (Fsp3) is 0.600. The third kappa shape index (κ3) is 3.27. The van der Waals surface area contributed by atoms with Crippen LogP contribution in [0.5, 0.6) is 0 Å². The molecule has 0 radical (unpaired) electrons. The molecule has 6 heteroatoms. The Labute approximate surface area is 125 Å². The van der Waals surface area contributed by atoms with Gasteiger partial charge in [0.05, 0.1) is 11.5 Å². The van der Waals surface area contributed by atoms with Gasteiger partial charge in [-0.15, -0.1) is 0 Å². The molecular formula is C15H22FNO3S. The summed E-state index contributed by atoms with van der Waals surface area (Å²) in [5, 5.41) is 9.16. The Balaban J connectivity index is 2.41. The van der Waals surface area contributed by atoms with Gasteiger partial charge >= 0.3 is 0 Å². The van der Waals surface area contributed by atoms with Gasteiger partial charge < -0.3 is 5.11 Å². The molecule has 0 saturated carbocycles. The zero-order valence-electron chi connectivity index (χ0n) is 12.5. The minimum Gasteiger partial charge on any atom is -0.392 e. The van der Waals surface area contributed by atoms with Gasteiger partial charge in [0.1, 0.15) is 5.82 Å². The SMILES string of the molecule is CCC1CCCN(S(=O)(=O)c2cc(CO)cc(F)c2C)C1. The highest BCUT2D eigenvalue weighted by atomic mass is 32.2. The third-order valence-corrected chi connectivity index (χ3v) is 6.21. The maximum absolute atomic E-state index is 13.9. The van der Waals surface area contributed by atoms with Gasteiger partial charge in [-0.1, -0.05) is 13.3 Å². The standard InChI is InChI=1S/C15H22FNO3S/c1-3-12-5-4-6-17(9-12)21(19,20)15-8-13(10-18)7-14(16)11(15)2/h7-8,12,18H,3-6,9-10H2,1-2H3. The van der Waals surface area contributed by atoms with E-state index < -0.39 is 15.8 Å². The zero-order chi connectivity index (χ0) is 15.6. The molecule has 1 atom stereocenters. The van der Waals surface area contributed by atoms with Crippen molar-refractivity contribution in [3.8, 4) is 0 Å². The number of benzene rings is 1. The molecule has 0 aromatic heterocycles. The second-order valence-corrected chi connectivity index (χ2v) is 7.54. The van der Waals surface area contributed by atoms with E-state index >= 15 is 0 Å². The normalized spacial score (nSPS) is 20.7. The second-order valence-electron chi connectivity index (χ2n) is 5.64. The first-order chi connectivity index (χ1) is 9.90. The van der Waals surface area contributed by atoms with Gasteiger partial charge in [-0.05, 0) is 43.4 Å². The highest BCUT2D eigenvalue weighted by Gasteiger charge is 2.31. The van der Waals surface area contributed by atoms with Crippen molar-refractivity contribution < 1.29 is 17.9 Å². The molecule has 0 amide bonds. The van der Waals surface area contributed by atoms with E-state index in [0.717, 1.165) is 19.3 Å². The molecule has 1 unspecified atom stereocenters. The Kier molecular flexibility index (Phi) is 5.01. The van der Waals surface area contributed by atoms with Crippen molar-refractivity contribution in [3.63, 3.8) is 0 Å². The monoisotopic (exact) mass is 315 g/mol. The van der Waals surface area contributed by atoms with Crippen LogP contribution in [0.15, 0.2) is 17.0 Å². The van der Waals surface area contributed by atoms with Crippen LogP contribution < -0.4 is 0 Å². The molecule has 1 aliphatic rings. The minimum absolute atomic E-state index is 0.0247. The number of rotatable bonds is 4. The molecule has 1 saturated heterocycles. The van der Waals surface area contributed by atoms with Crippen molar-refractivity contribution in [2.24, 2.45) is 5.92 Å². The molecule has 1 heterocycles. The summed E-state index contributed by atoms with van der Waals surface area (Å²) in [6.07, 6.45) is 2.81. The summed E-state index contributed by atoms with van der Waals surface area (Å²) >= 11 is 0. The Bertz CT molecular complexity index is 616. The van der Waals surface area contributed by atoms with Crippen molar-refractivity contribution in [3.05, 3.63) is 29.1 Å². The second kappa shape index (κ2) is 6.42. The Hall–Kier alpha value is -0.980. The largest absolute Gasteiger partial charge is 0.392 e. The molecule has 1 fully saturated rings. The molecule has 4 nitrogen and oxygen atoms in total. The van der Waals surface area contributed by atoms with Gasteiger partial charge in [0.2, 0.25) is 10.0 Å². The predicted molar refractivity (Wildman–Crippen MR) is 78.8 cm³/mol. The Morgan fingerprint density at radius 2 is 2.14 bits per heavy atom. The fourth-order valence-electron chi connectivity index (χ4n) is 2.78. The van der Waals surface area contributed by atoms with Crippen LogP contribution in [0, 0.1) is 18.7 Å². The predicted octanol–water partition coefficient (Wildman–Crippen LogP) is 2.44. The quantitative estimate of drug-likeness (QED) is 0.928. The number of nitrogens with zero attached hydrogens (tertiary/aromatic N) is 1. The van der Waals surface area contributed by atoms with Crippen LogP contribution in [-0.2, 0) is 16.6 Å². The summed E-state index contributed by atoms with van der Waals surface area (Å²) < 4.78 is 40.9. The van der Waals surface area contributed by atoms with Gasteiger partial charge in [-0.25, -0.2) is 12.8 Å². The van der Waals surface area contributed by atoms with Crippen molar-refractivity contribution in [2.45, 2.75) is 44.6 Å². The van der Waals surface area contributed by atoms with Crippen molar-refractivity contribution >= 4 is 10.0 Å². The first kappa shape index (κ1) is 16.4. The molecule has 0 spiro atoms. The Morgan fingerprint density at radius 3 is 2.76 bits per heavy atom. The maximum atomic E-state index is 13.9. The summed E-state index contributed by atoms with van der Waals surface area (Å²) in [6, 6.07) is 2.56. The number of sulfonamides is 1. The van der Waals surface area contributed by atoms with E-state index in [2.05, 4.69) is 6.92 Å². The van der Waals surface area contributed by atoms with Crippen molar-refractivity contribution in [2.75, 3.05) is 13.1 Å². The van der Waals surface area contributed by atoms with Crippen molar-refractivity contribution in [1.82, 2.24) is 4.31 Å². The molecule has 0 aliphatic carbocycles. The van der Waals surface area contributed by atoms with E-state index in [0.29, 0.717) is 19.0 Å². The number of halogens is 1. The lowest BCUT2D eigenvalue weighted by atomic mass is 9.97. The van der Waals surface area contributed by atoms with Gasteiger partial charge in [0.25, 0.3) is 0 Å². The first-order valence-corrected chi connectivity index (χ1v) is 8.74.